The Kier molecular flexibility index (Phi) is 4.03. The fourth-order valence-electron chi connectivity index (χ4n) is 3.33. The predicted octanol–water partition coefficient (Wildman–Crippen LogP) is 3.34. The maximum Gasteiger partial charge on any atom is 0.229 e. The highest BCUT2D eigenvalue weighted by molar-refractivity contribution is 5.33. The summed E-state index contributed by atoms with van der Waals surface area (Å²) < 4.78 is 19.4. The van der Waals surface area contributed by atoms with Crippen molar-refractivity contribution in [1.82, 2.24) is 15.0 Å². The van der Waals surface area contributed by atoms with Crippen LogP contribution in [0.5, 0.6) is 0 Å². The molecule has 5 nitrogen and oxygen atoms in total. The molecule has 0 amide bonds. The van der Waals surface area contributed by atoms with Crippen LogP contribution in [0.2, 0.25) is 0 Å². The first-order valence-corrected chi connectivity index (χ1v) is 8.47. The van der Waals surface area contributed by atoms with Gasteiger partial charge in [0.25, 0.3) is 0 Å². The summed E-state index contributed by atoms with van der Waals surface area (Å²) >= 11 is 0. The molecule has 2 aromatic rings. The van der Waals surface area contributed by atoms with Gasteiger partial charge in [0.1, 0.15) is 5.82 Å². The summed E-state index contributed by atoms with van der Waals surface area (Å²) in [6.45, 7) is 2.21. The maximum atomic E-state index is 14.0. The number of likely N-dealkylation sites (tertiary alicyclic amines) is 1. The molecule has 124 valence electrons. The van der Waals surface area contributed by atoms with Crippen LogP contribution in [-0.4, -0.2) is 28.1 Å². The van der Waals surface area contributed by atoms with Crippen LogP contribution in [0, 0.1) is 17.1 Å². The van der Waals surface area contributed by atoms with Crippen LogP contribution in [0.4, 0.5) is 4.39 Å². The molecule has 1 aliphatic carbocycles. The molecule has 1 aromatic carbocycles. The highest BCUT2D eigenvalue weighted by Gasteiger charge is 2.32. The van der Waals surface area contributed by atoms with E-state index in [0.717, 1.165) is 50.5 Å². The van der Waals surface area contributed by atoms with Crippen LogP contribution in [0.1, 0.15) is 60.4 Å². The number of hydrogen-bond donors (Lipinski definition) is 0. The third kappa shape index (κ3) is 3.17. The van der Waals surface area contributed by atoms with E-state index in [0.29, 0.717) is 23.6 Å². The number of nitriles is 1. The van der Waals surface area contributed by atoms with E-state index in [1.807, 2.05) is 0 Å². The molecule has 1 aromatic heterocycles. The number of piperidine rings is 1. The first kappa shape index (κ1) is 15.3. The number of benzene rings is 1. The van der Waals surface area contributed by atoms with Crippen molar-refractivity contribution in [1.29, 1.82) is 5.26 Å². The topological polar surface area (TPSA) is 66.0 Å². The maximum absolute atomic E-state index is 14.0. The second-order valence-electron chi connectivity index (χ2n) is 6.76. The van der Waals surface area contributed by atoms with E-state index in [9.17, 15) is 4.39 Å². The van der Waals surface area contributed by atoms with Crippen molar-refractivity contribution in [2.24, 2.45) is 0 Å². The third-order valence-electron chi connectivity index (χ3n) is 4.82. The summed E-state index contributed by atoms with van der Waals surface area (Å²) in [7, 11) is 0. The lowest BCUT2D eigenvalue weighted by atomic mass is 9.96. The minimum Gasteiger partial charge on any atom is -0.339 e. The van der Waals surface area contributed by atoms with Crippen molar-refractivity contribution in [2.45, 2.75) is 44.1 Å². The zero-order valence-electron chi connectivity index (χ0n) is 13.4. The Morgan fingerprint density at radius 2 is 2.17 bits per heavy atom. The summed E-state index contributed by atoms with van der Waals surface area (Å²) in [6, 6.07) is 6.59. The van der Waals surface area contributed by atoms with E-state index in [1.54, 1.807) is 6.07 Å². The second-order valence-corrected chi connectivity index (χ2v) is 6.76. The molecule has 2 aliphatic rings. The lowest BCUT2D eigenvalue weighted by molar-refractivity contribution is 0.192. The first-order chi connectivity index (χ1) is 11.7. The fourth-order valence-corrected chi connectivity index (χ4v) is 3.33. The normalized spacial score (nSPS) is 21.6. The van der Waals surface area contributed by atoms with Gasteiger partial charge < -0.3 is 4.52 Å². The minimum absolute atomic E-state index is 0.234. The van der Waals surface area contributed by atoms with Gasteiger partial charge in [0, 0.05) is 30.5 Å². The number of hydrogen-bond acceptors (Lipinski definition) is 5. The molecule has 0 N–H and O–H groups in total. The zero-order chi connectivity index (χ0) is 16.5. The van der Waals surface area contributed by atoms with Crippen molar-refractivity contribution in [2.75, 3.05) is 13.1 Å². The number of nitrogens with zero attached hydrogens (tertiary/aromatic N) is 4. The molecular formula is C18H19FN4O. The molecular weight excluding hydrogens is 307 g/mol. The summed E-state index contributed by atoms with van der Waals surface area (Å²) in [5, 5.41) is 13.1. The van der Waals surface area contributed by atoms with E-state index in [4.69, 9.17) is 9.78 Å². The summed E-state index contributed by atoms with van der Waals surface area (Å²) in [5.41, 5.74) is 1.06. The Hall–Kier alpha value is -2.26. The van der Waals surface area contributed by atoms with Gasteiger partial charge in [0.15, 0.2) is 5.82 Å². The summed E-state index contributed by atoms with van der Waals surface area (Å²) in [4.78, 5) is 6.77. The number of halogens is 1. The van der Waals surface area contributed by atoms with Crippen molar-refractivity contribution in [3.8, 4) is 6.07 Å². The van der Waals surface area contributed by atoms with E-state index in [2.05, 4.69) is 21.1 Å². The molecule has 6 heteroatoms. The largest absolute Gasteiger partial charge is 0.339 e. The van der Waals surface area contributed by atoms with Gasteiger partial charge in [-0.3, -0.25) is 4.90 Å². The van der Waals surface area contributed by atoms with Crippen molar-refractivity contribution in [3.05, 3.63) is 46.9 Å². The molecule has 0 spiro atoms. The monoisotopic (exact) mass is 326 g/mol. The van der Waals surface area contributed by atoms with Crippen LogP contribution in [0.15, 0.2) is 22.7 Å². The second kappa shape index (κ2) is 6.33. The highest BCUT2D eigenvalue weighted by atomic mass is 19.1. The smallest absolute Gasteiger partial charge is 0.229 e. The van der Waals surface area contributed by atoms with Gasteiger partial charge in [-0.1, -0.05) is 5.16 Å². The molecule has 2 heterocycles. The predicted molar refractivity (Wildman–Crippen MR) is 84.6 cm³/mol. The molecule has 0 bridgehead atoms. The molecule has 1 saturated carbocycles. The molecule has 4 rings (SSSR count). The van der Waals surface area contributed by atoms with Gasteiger partial charge in [-0.05, 0) is 50.4 Å². The lowest BCUT2D eigenvalue weighted by Crippen LogP contribution is -2.34. The Balaban J connectivity index is 1.45. The Morgan fingerprint density at radius 3 is 2.96 bits per heavy atom. The minimum atomic E-state index is -0.258. The summed E-state index contributed by atoms with van der Waals surface area (Å²) in [6.07, 6.45) is 4.35. The van der Waals surface area contributed by atoms with Gasteiger partial charge in [0.2, 0.25) is 5.89 Å². The molecule has 0 radical (unpaired) electrons. The Morgan fingerprint density at radius 1 is 1.29 bits per heavy atom. The number of rotatable bonds is 4. The molecule has 1 atom stereocenters. The Labute approximate surface area is 140 Å². The Bertz CT molecular complexity index is 778. The van der Waals surface area contributed by atoms with Crippen LogP contribution in [0.25, 0.3) is 0 Å². The third-order valence-corrected chi connectivity index (χ3v) is 4.82. The highest BCUT2D eigenvalue weighted by Crippen LogP contribution is 2.39. The van der Waals surface area contributed by atoms with E-state index in [-0.39, 0.29) is 11.7 Å². The first-order valence-electron chi connectivity index (χ1n) is 8.47. The average molecular weight is 326 g/mol. The standard InChI is InChI=1S/C18H19FN4O/c19-16-6-3-12(9-20)8-15(16)11-23-7-1-2-14(10-23)17-21-18(24-22-17)13-4-5-13/h3,6,8,13-14H,1-2,4-5,7,10-11H2. The van der Waals surface area contributed by atoms with Crippen LogP contribution in [0.3, 0.4) is 0 Å². The van der Waals surface area contributed by atoms with Gasteiger partial charge in [0.05, 0.1) is 11.6 Å². The van der Waals surface area contributed by atoms with Crippen molar-refractivity contribution >= 4 is 0 Å². The number of aromatic nitrogens is 2. The van der Waals surface area contributed by atoms with Crippen LogP contribution >= 0.6 is 0 Å². The molecule has 1 aliphatic heterocycles. The average Bonchev–Trinajstić information content (AvgIpc) is 3.34. The van der Waals surface area contributed by atoms with Gasteiger partial charge >= 0.3 is 0 Å². The van der Waals surface area contributed by atoms with Gasteiger partial charge in [-0.2, -0.15) is 10.2 Å². The molecule has 2 fully saturated rings. The molecule has 1 unspecified atom stereocenters. The van der Waals surface area contributed by atoms with Crippen molar-refractivity contribution in [3.63, 3.8) is 0 Å². The fraction of sp³-hybridized carbons (Fsp3) is 0.500. The van der Waals surface area contributed by atoms with Gasteiger partial charge in [-0.25, -0.2) is 4.39 Å². The van der Waals surface area contributed by atoms with Crippen LogP contribution in [-0.2, 0) is 6.54 Å². The van der Waals surface area contributed by atoms with E-state index in [1.165, 1.54) is 12.1 Å². The van der Waals surface area contributed by atoms with Crippen molar-refractivity contribution < 1.29 is 8.91 Å². The van der Waals surface area contributed by atoms with E-state index < -0.39 is 0 Å². The SMILES string of the molecule is N#Cc1ccc(F)c(CN2CCCC(c3noc(C4CC4)n3)C2)c1. The zero-order valence-corrected chi connectivity index (χ0v) is 13.4. The van der Waals surface area contributed by atoms with Gasteiger partial charge in [-0.15, -0.1) is 0 Å². The van der Waals surface area contributed by atoms with Crippen LogP contribution < -0.4 is 0 Å². The molecule has 1 saturated heterocycles. The summed E-state index contributed by atoms with van der Waals surface area (Å²) in [5.74, 6) is 2.00. The molecule has 24 heavy (non-hydrogen) atoms. The quantitative estimate of drug-likeness (QED) is 0.862. The van der Waals surface area contributed by atoms with E-state index >= 15 is 0 Å². The lowest BCUT2D eigenvalue weighted by Gasteiger charge is -2.31.